The topological polar surface area (TPSA) is 107 Å². The normalized spacial score (nSPS) is 15.8. The molecule has 8 nitrogen and oxygen atoms in total. The molecule has 1 aliphatic rings. The Labute approximate surface area is 182 Å². The summed E-state index contributed by atoms with van der Waals surface area (Å²) in [5, 5.41) is 0. The van der Waals surface area contributed by atoms with E-state index in [1.54, 1.807) is 19.1 Å². The molecule has 2 aromatic carbocycles. The molecule has 0 aromatic heterocycles. The molecule has 0 bridgehead atoms. The Morgan fingerprint density at radius 1 is 1.06 bits per heavy atom. The van der Waals surface area contributed by atoms with Crippen LogP contribution in [-0.2, 0) is 40.3 Å². The quantitative estimate of drug-likeness (QED) is 0.359. The number of fused-ring (bicyclic) bond motifs is 1. The Morgan fingerprint density at radius 3 is 2.25 bits per heavy atom. The first-order valence-electron chi connectivity index (χ1n) is 8.92. The monoisotopic (exact) mass is 491 g/mol. The van der Waals surface area contributed by atoms with E-state index in [1.807, 2.05) is 0 Å². The summed E-state index contributed by atoms with van der Waals surface area (Å²) in [4.78, 5) is 12.1. The molecule has 0 unspecified atom stereocenters. The summed E-state index contributed by atoms with van der Waals surface area (Å²) in [6, 6.07) is 10.6. The van der Waals surface area contributed by atoms with Crippen molar-refractivity contribution < 1.29 is 43.7 Å². The molecule has 0 fully saturated rings. The van der Waals surface area contributed by atoms with E-state index in [1.165, 1.54) is 24.3 Å². The number of sulfonamides is 1. The van der Waals surface area contributed by atoms with Gasteiger partial charge in [-0.15, -0.1) is 0 Å². The number of ether oxygens (including phenoxy) is 1. The number of aryl methyl sites for hydroxylation is 1. The third-order valence-electron chi connectivity index (χ3n) is 4.51. The molecule has 172 valence electrons. The number of carbonyl (C=O) groups is 1. The standard InChI is InChI=1S/C19H16F3NO7S2/c1-3-12-8-4-6-10-14(12)23-16(18(24)29-2)17(30-32(27,28)19(20,21)22)13-9-5-7-11-15(13)31(23,25)26/h4-11H,3H2,1-2H3. The van der Waals surface area contributed by atoms with Crippen molar-refractivity contribution in [3.63, 3.8) is 0 Å². The second kappa shape index (κ2) is 8.13. The largest absolute Gasteiger partial charge is 0.534 e. The second-order valence-corrected chi connectivity index (χ2v) is 9.69. The van der Waals surface area contributed by atoms with Crippen LogP contribution < -0.4 is 4.31 Å². The highest BCUT2D eigenvalue weighted by Gasteiger charge is 2.52. The minimum absolute atomic E-state index is 0.0737. The fourth-order valence-electron chi connectivity index (χ4n) is 3.09. The van der Waals surface area contributed by atoms with Crippen molar-refractivity contribution in [2.45, 2.75) is 23.7 Å². The zero-order valence-corrected chi connectivity index (χ0v) is 18.2. The lowest BCUT2D eigenvalue weighted by Gasteiger charge is -2.33. The molecule has 0 aliphatic carbocycles. The molecule has 3 rings (SSSR count). The predicted octanol–water partition coefficient (Wildman–Crippen LogP) is 3.17. The molecule has 1 heterocycles. The molecule has 0 atom stereocenters. The molecular weight excluding hydrogens is 475 g/mol. The molecular formula is C19H16F3NO7S2. The number of benzene rings is 2. The molecule has 0 amide bonds. The molecule has 1 aliphatic heterocycles. The fourth-order valence-corrected chi connectivity index (χ4v) is 5.29. The van der Waals surface area contributed by atoms with Crippen molar-refractivity contribution in [1.29, 1.82) is 0 Å². The number of anilines is 1. The van der Waals surface area contributed by atoms with Gasteiger partial charge in [0.05, 0.1) is 17.7 Å². The highest BCUT2D eigenvalue weighted by molar-refractivity contribution is 7.93. The van der Waals surface area contributed by atoms with Crippen LogP contribution in [0.1, 0.15) is 18.1 Å². The maximum absolute atomic E-state index is 13.5. The number of carbonyl (C=O) groups excluding carboxylic acids is 1. The van der Waals surface area contributed by atoms with E-state index in [9.17, 15) is 34.8 Å². The van der Waals surface area contributed by atoms with E-state index in [0.717, 1.165) is 19.2 Å². The van der Waals surface area contributed by atoms with E-state index < -0.39 is 53.5 Å². The molecule has 2 aromatic rings. The third-order valence-corrected chi connectivity index (χ3v) is 7.24. The number of hydrogen-bond donors (Lipinski definition) is 0. The van der Waals surface area contributed by atoms with E-state index >= 15 is 0 Å². The summed E-state index contributed by atoms with van der Waals surface area (Å²) in [7, 11) is -9.98. The summed E-state index contributed by atoms with van der Waals surface area (Å²) in [6.45, 7) is 1.69. The second-order valence-electron chi connectivity index (χ2n) is 6.40. The summed E-state index contributed by atoms with van der Waals surface area (Å²) in [5.74, 6) is -2.54. The van der Waals surface area contributed by atoms with Gasteiger partial charge in [0.25, 0.3) is 10.0 Å². The minimum Gasteiger partial charge on any atom is -0.464 e. The van der Waals surface area contributed by atoms with E-state index in [2.05, 4.69) is 8.92 Å². The number of methoxy groups -OCH3 is 1. The van der Waals surface area contributed by atoms with Gasteiger partial charge in [0.2, 0.25) is 0 Å². The summed E-state index contributed by atoms with van der Waals surface area (Å²) >= 11 is 0. The molecule has 0 saturated carbocycles. The Bertz CT molecular complexity index is 1320. The number of alkyl halides is 3. The first kappa shape index (κ1) is 23.6. The van der Waals surface area contributed by atoms with Crippen LogP contribution in [-0.4, -0.2) is 35.4 Å². The van der Waals surface area contributed by atoms with Gasteiger partial charge in [0.15, 0.2) is 11.5 Å². The van der Waals surface area contributed by atoms with E-state index in [-0.39, 0.29) is 12.1 Å². The average molecular weight is 491 g/mol. The van der Waals surface area contributed by atoms with Crippen LogP contribution in [0.4, 0.5) is 18.9 Å². The summed E-state index contributed by atoms with van der Waals surface area (Å²) in [6.07, 6.45) is 0.287. The van der Waals surface area contributed by atoms with Gasteiger partial charge >= 0.3 is 21.6 Å². The first-order valence-corrected chi connectivity index (χ1v) is 11.8. The van der Waals surface area contributed by atoms with Crippen LogP contribution in [0.2, 0.25) is 0 Å². The fraction of sp³-hybridized carbons (Fsp3) is 0.211. The number of esters is 1. The molecule has 13 heteroatoms. The van der Waals surface area contributed by atoms with Gasteiger partial charge in [0.1, 0.15) is 0 Å². The number of rotatable bonds is 5. The molecule has 0 saturated heterocycles. The lowest BCUT2D eigenvalue weighted by Crippen LogP contribution is -2.40. The zero-order chi connectivity index (χ0) is 23.9. The Morgan fingerprint density at radius 2 is 1.66 bits per heavy atom. The van der Waals surface area contributed by atoms with Gasteiger partial charge in [-0.25, -0.2) is 17.5 Å². The average Bonchev–Trinajstić information content (AvgIpc) is 2.74. The SMILES string of the molecule is CCc1ccccc1N1C(C(=O)OC)=C(OS(=O)(=O)C(F)(F)F)c2ccccc2S1(=O)=O. The van der Waals surface area contributed by atoms with Crippen LogP contribution in [0, 0.1) is 0 Å². The minimum atomic E-state index is -6.26. The molecule has 0 radical (unpaired) electrons. The zero-order valence-electron chi connectivity index (χ0n) is 16.6. The third kappa shape index (κ3) is 3.81. The maximum Gasteiger partial charge on any atom is 0.534 e. The van der Waals surface area contributed by atoms with Crippen LogP contribution in [0.15, 0.2) is 59.1 Å². The lowest BCUT2D eigenvalue weighted by atomic mass is 10.1. The van der Waals surface area contributed by atoms with Gasteiger partial charge in [-0.2, -0.15) is 21.6 Å². The number of nitrogens with zero attached hydrogens (tertiary/aromatic N) is 1. The summed E-state index contributed by atoms with van der Waals surface area (Å²) < 4.78 is 99.2. The molecule has 0 N–H and O–H groups in total. The van der Waals surface area contributed by atoms with Crippen molar-refractivity contribution in [2.75, 3.05) is 11.4 Å². The van der Waals surface area contributed by atoms with Gasteiger partial charge < -0.3 is 8.92 Å². The smallest absolute Gasteiger partial charge is 0.464 e. The molecule has 0 spiro atoms. The van der Waals surface area contributed by atoms with Crippen molar-refractivity contribution in [2.24, 2.45) is 0 Å². The van der Waals surface area contributed by atoms with Crippen LogP contribution in [0.3, 0.4) is 0 Å². The number of hydrogen-bond acceptors (Lipinski definition) is 7. The van der Waals surface area contributed by atoms with Crippen molar-refractivity contribution in [1.82, 2.24) is 0 Å². The first-order chi connectivity index (χ1) is 14.9. The van der Waals surface area contributed by atoms with Crippen molar-refractivity contribution in [3.8, 4) is 0 Å². The highest BCUT2D eigenvalue weighted by Crippen LogP contribution is 2.43. The Balaban J connectivity index is 2.47. The van der Waals surface area contributed by atoms with Gasteiger partial charge in [-0.05, 0) is 30.2 Å². The predicted molar refractivity (Wildman–Crippen MR) is 107 cm³/mol. The van der Waals surface area contributed by atoms with Gasteiger partial charge in [0, 0.05) is 5.56 Å². The number of para-hydroxylation sites is 1. The van der Waals surface area contributed by atoms with Gasteiger partial charge in [-0.1, -0.05) is 37.3 Å². The van der Waals surface area contributed by atoms with Crippen molar-refractivity contribution >= 4 is 37.6 Å². The Kier molecular flexibility index (Phi) is 6.00. The van der Waals surface area contributed by atoms with E-state index in [4.69, 9.17) is 0 Å². The number of halogens is 3. The lowest BCUT2D eigenvalue weighted by molar-refractivity contribution is -0.136. The van der Waals surface area contributed by atoms with Crippen LogP contribution in [0.25, 0.3) is 5.76 Å². The van der Waals surface area contributed by atoms with Crippen molar-refractivity contribution in [3.05, 3.63) is 65.4 Å². The van der Waals surface area contributed by atoms with E-state index in [0.29, 0.717) is 9.87 Å². The van der Waals surface area contributed by atoms with Gasteiger partial charge in [-0.3, -0.25) is 0 Å². The summed E-state index contributed by atoms with van der Waals surface area (Å²) in [5.41, 5.74) is -7.06. The Hall–Kier alpha value is -3.06. The molecule has 32 heavy (non-hydrogen) atoms. The van der Waals surface area contributed by atoms with Crippen LogP contribution in [0.5, 0.6) is 0 Å². The van der Waals surface area contributed by atoms with Crippen LogP contribution >= 0.6 is 0 Å². The highest BCUT2D eigenvalue weighted by atomic mass is 32.2. The maximum atomic E-state index is 13.5.